The first-order chi connectivity index (χ1) is 12.9. The normalized spacial score (nSPS) is 14.3. The zero-order valence-corrected chi connectivity index (χ0v) is 16.9. The topological polar surface area (TPSA) is 79.5 Å². The van der Waals surface area contributed by atoms with E-state index in [0.29, 0.717) is 18.1 Å². The summed E-state index contributed by atoms with van der Waals surface area (Å²) in [5, 5.41) is 2.68. The number of rotatable bonds is 6. The fourth-order valence-corrected chi connectivity index (χ4v) is 3.52. The summed E-state index contributed by atoms with van der Waals surface area (Å²) >= 11 is 5.03. The van der Waals surface area contributed by atoms with E-state index in [1.54, 1.807) is 0 Å². The maximum atomic E-state index is 11.9. The molecule has 0 spiro atoms. The summed E-state index contributed by atoms with van der Waals surface area (Å²) in [6.45, 7) is 3.79. The monoisotopic (exact) mass is 391 g/mol. The standard InChI is InChI=1S/C20H29N3O3S/c1-14-10-15(2)12-17(11-14)26-13-19(25)22-23-20(27)21-18(24)9-8-16-6-4-3-5-7-16/h10-12,16H,3-9,13H2,1-2H3,(H,22,25)(H2,21,23,24,27). The summed E-state index contributed by atoms with van der Waals surface area (Å²) in [7, 11) is 0. The quantitative estimate of drug-likeness (QED) is 0.513. The van der Waals surface area contributed by atoms with Gasteiger partial charge in [0.15, 0.2) is 11.7 Å². The van der Waals surface area contributed by atoms with Crippen LogP contribution in [0.2, 0.25) is 0 Å². The zero-order valence-electron chi connectivity index (χ0n) is 16.1. The van der Waals surface area contributed by atoms with Gasteiger partial charge >= 0.3 is 0 Å². The number of ether oxygens (including phenoxy) is 1. The van der Waals surface area contributed by atoms with E-state index in [4.69, 9.17) is 17.0 Å². The van der Waals surface area contributed by atoms with Gasteiger partial charge in [0.05, 0.1) is 0 Å². The van der Waals surface area contributed by atoms with Gasteiger partial charge in [-0.1, -0.05) is 38.2 Å². The molecular formula is C20H29N3O3S. The van der Waals surface area contributed by atoms with Crippen LogP contribution in [0.15, 0.2) is 18.2 Å². The molecule has 0 atom stereocenters. The Bertz CT molecular complexity index is 652. The fraction of sp³-hybridized carbons (Fsp3) is 0.550. The minimum Gasteiger partial charge on any atom is -0.484 e. The number of hydrazine groups is 1. The van der Waals surface area contributed by atoms with Gasteiger partial charge in [-0.2, -0.15) is 0 Å². The number of benzene rings is 1. The lowest BCUT2D eigenvalue weighted by molar-refractivity contribution is -0.124. The fourth-order valence-electron chi connectivity index (χ4n) is 3.36. The highest BCUT2D eigenvalue weighted by Gasteiger charge is 2.15. The second-order valence-corrected chi connectivity index (χ2v) is 7.61. The van der Waals surface area contributed by atoms with Crippen LogP contribution < -0.4 is 20.9 Å². The van der Waals surface area contributed by atoms with Crippen molar-refractivity contribution in [2.24, 2.45) is 5.92 Å². The Labute approximate surface area is 166 Å². The molecule has 1 aromatic rings. The van der Waals surface area contributed by atoms with Crippen LogP contribution in [-0.2, 0) is 9.59 Å². The van der Waals surface area contributed by atoms with E-state index in [-0.39, 0.29) is 23.5 Å². The van der Waals surface area contributed by atoms with Gasteiger partial charge in [0.1, 0.15) is 5.75 Å². The van der Waals surface area contributed by atoms with Crippen LogP contribution in [0.25, 0.3) is 0 Å². The molecule has 0 aliphatic heterocycles. The van der Waals surface area contributed by atoms with E-state index < -0.39 is 0 Å². The third-order valence-electron chi connectivity index (χ3n) is 4.64. The van der Waals surface area contributed by atoms with Crippen LogP contribution in [0.3, 0.4) is 0 Å². The molecule has 1 aromatic carbocycles. The molecule has 0 bridgehead atoms. The average Bonchev–Trinajstić information content (AvgIpc) is 2.63. The molecule has 0 aromatic heterocycles. The zero-order chi connectivity index (χ0) is 19.6. The number of aryl methyl sites for hydroxylation is 2. The lowest BCUT2D eigenvalue weighted by Crippen LogP contribution is -2.49. The first-order valence-electron chi connectivity index (χ1n) is 9.52. The molecule has 1 saturated carbocycles. The first kappa shape index (κ1) is 21.2. The van der Waals surface area contributed by atoms with Crippen molar-refractivity contribution in [2.75, 3.05) is 6.61 Å². The molecule has 2 rings (SSSR count). The molecule has 27 heavy (non-hydrogen) atoms. The molecule has 0 unspecified atom stereocenters. The lowest BCUT2D eigenvalue weighted by Gasteiger charge is -2.21. The third-order valence-corrected chi connectivity index (χ3v) is 4.84. The Morgan fingerprint density at radius 3 is 2.37 bits per heavy atom. The van der Waals surface area contributed by atoms with Crippen molar-refractivity contribution >= 4 is 29.1 Å². The predicted octanol–water partition coefficient (Wildman–Crippen LogP) is 3.06. The Morgan fingerprint density at radius 1 is 1.04 bits per heavy atom. The Kier molecular flexibility index (Phi) is 8.51. The molecule has 2 amide bonds. The summed E-state index contributed by atoms with van der Waals surface area (Å²) in [5.74, 6) is 0.779. The number of carbonyl (C=O) groups is 2. The lowest BCUT2D eigenvalue weighted by atomic mass is 9.86. The van der Waals surface area contributed by atoms with Gasteiger partial charge in [-0.15, -0.1) is 0 Å². The summed E-state index contributed by atoms with van der Waals surface area (Å²) in [5.41, 5.74) is 7.09. The molecule has 0 radical (unpaired) electrons. The van der Waals surface area contributed by atoms with Crippen LogP contribution in [0.4, 0.5) is 0 Å². The SMILES string of the molecule is Cc1cc(C)cc(OCC(=O)NNC(=S)NC(=O)CCC2CCCCC2)c1. The number of nitrogens with one attached hydrogen (secondary N) is 3. The molecule has 0 saturated heterocycles. The Balaban J connectivity index is 1.61. The highest BCUT2D eigenvalue weighted by molar-refractivity contribution is 7.80. The number of amides is 2. The van der Waals surface area contributed by atoms with E-state index in [2.05, 4.69) is 16.2 Å². The molecule has 7 heteroatoms. The molecule has 3 N–H and O–H groups in total. The van der Waals surface area contributed by atoms with Gasteiger partial charge in [-0.3, -0.25) is 20.4 Å². The van der Waals surface area contributed by atoms with Gasteiger partial charge < -0.3 is 10.1 Å². The maximum Gasteiger partial charge on any atom is 0.276 e. The summed E-state index contributed by atoms with van der Waals surface area (Å²) < 4.78 is 5.47. The van der Waals surface area contributed by atoms with Crippen molar-refractivity contribution in [1.82, 2.24) is 16.2 Å². The van der Waals surface area contributed by atoms with Gasteiger partial charge in [0.2, 0.25) is 5.91 Å². The predicted molar refractivity (Wildman–Crippen MR) is 109 cm³/mol. The summed E-state index contributed by atoms with van der Waals surface area (Å²) in [4.78, 5) is 23.8. The van der Waals surface area contributed by atoms with Crippen LogP contribution >= 0.6 is 12.2 Å². The minimum atomic E-state index is -0.382. The number of hydrogen-bond donors (Lipinski definition) is 3. The van der Waals surface area contributed by atoms with Crippen molar-refractivity contribution in [3.05, 3.63) is 29.3 Å². The average molecular weight is 392 g/mol. The molecule has 6 nitrogen and oxygen atoms in total. The van der Waals surface area contributed by atoms with Gasteiger partial charge in [0, 0.05) is 6.42 Å². The smallest absolute Gasteiger partial charge is 0.276 e. The third kappa shape index (κ3) is 8.39. The van der Waals surface area contributed by atoms with Crippen molar-refractivity contribution in [2.45, 2.75) is 58.8 Å². The molecule has 0 heterocycles. The van der Waals surface area contributed by atoms with E-state index in [1.165, 1.54) is 32.1 Å². The van der Waals surface area contributed by atoms with Crippen molar-refractivity contribution in [3.8, 4) is 5.75 Å². The second kappa shape index (κ2) is 10.9. The number of carbonyl (C=O) groups excluding carboxylic acids is 2. The largest absolute Gasteiger partial charge is 0.484 e. The Morgan fingerprint density at radius 2 is 1.70 bits per heavy atom. The van der Waals surface area contributed by atoms with E-state index in [1.807, 2.05) is 32.0 Å². The van der Waals surface area contributed by atoms with Gasteiger partial charge in [-0.05, 0) is 61.7 Å². The van der Waals surface area contributed by atoms with Gasteiger partial charge in [0.25, 0.3) is 5.91 Å². The molecule has 1 fully saturated rings. The molecule has 1 aliphatic rings. The van der Waals surface area contributed by atoms with Crippen LogP contribution in [-0.4, -0.2) is 23.5 Å². The molecule has 1 aliphatic carbocycles. The van der Waals surface area contributed by atoms with Crippen molar-refractivity contribution < 1.29 is 14.3 Å². The molecule has 148 valence electrons. The number of thiocarbonyl (C=S) groups is 1. The van der Waals surface area contributed by atoms with Crippen LogP contribution in [0.5, 0.6) is 5.75 Å². The van der Waals surface area contributed by atoms with Crippen molar-refractivity contribution in [1.29, 1.82) is 0 Å². The summed E-state index contributed by atoms with van der Waals surface area (Å²) in [6, 6.07) is 5.76. The highest BCUT2D eigenvalue weighted by atomic mass is 32.1. The highest BCUT2D eigenvalue weighted by Crippen LogP contribution is 2.27. The minimum absolute atomic E-state index is 0.0865. The first-order valence-corrected chi connectivity index (χ1v) is 9.93. The number of hydrogen-bond acceptors (Lipinski definition) is 4. The van der Waals surface area contributed by atoms with Crippen LogP contribution in [0, 0.1) is 19.8 Å². The van der Waals surface area contributed by atoms with Gasteiger partial charge in [-0.25, -0.2) is 0 Å². The van der Waals surface area contributed by atoms with Crippen molar-refractivity contribution in [3.63, 3.8) is 0 Å². The molecular weight excluding hydrogens is 362 g/mol. The maximum absolute atomic E-state index is 11.9. The summed E-state index contributed by atoms with van der Waals surface area (Å²) in [6.07, 6.45) is 7.62. The van der Waals surface area contributed by atoms with E-state index >= 15 is 0 Å². The van der Waals surface area contributed by atoms with E-state index in [9.17, 15) is 9.59 Å². The Hall–Kier alpha value is -2.15. The second-order valence-electron chi connectivity index (χ2n) is 7.21. The van der Waals surface area contributed by atoms with Crippen LogP contribution in [0.1, 0.15) is 56.1 Å². The van der Waals surface area contributed by atoms with E-state index in [0.717, 1.165) is 17.5 Å².